The number of anilines is 1. The Kier molecular flexibility index (Phi) is 10.5. The van der Waals surface area contributed by atoms with Crippen LogP contribution in [-0.2, 0) is 10.0 Å². The summed E-state index contributed by atoms with van der Waals surface area (Å²) in [4.78, 5) is 26.7. The number of carbonyl (C=O) groups is 1. The van der Waals surface area contributed by atoms with E-state index in [2.05, 4.69) is 54.2 Å². The second-order valence-corrected chi connectivity index (χ2v) is 15.5. The molecule has 1 aromatic carbocycles. The Hall–Kier alpha value is -2.57. The van der Waals surface area contributed by atoms with Gasteiger partial charge in [-0.1, -0.05) is 40.7 Å². The standard InChI is InChI=1S/C31H43F2N5O4S.ClH/c1-19(2)12-21-15-37(18-31(3,4)5)16-22-17-38(21)29(39)20-8-6-9-23(13-20)43(40,41)36-30-34-26(14-27(35-30)42-22)28-24(32)10-7-11-25(28)33;/h6,8-9,13-14,19,21-22,24-25,28H,7,10-12,15-18H2,1-5H3,(H,34,35,36);1H/t21-,22-,24?,25?,28?;/m1./s1. The minimum Gasteiger partial charge on any atom is -0.471 e. The van der Waals surface area contributed by atoms with E-state index < -0.39 is 34.4 Å². The summed E-state index contributed by atoms with van der Waals surface area (Å²) in [6, 6.07) is 7.15. The van der Waals surface area contributed by atoms with Gasteiger partial charge in [0.2, 0.25) is 11.8 Å². The molecule has 0 radical (unpaired) electrons. The normalized spacial score (nSPS) is 27.5. The first kappa shape index (κ1) is 34.3. The van der Waals surface area contributed by atoms with Crippen LogP contribution in [0.25, 0.3) is 0 Å². The van der Waals surface area contributed by atoms with Crippen LogP contribution in [0.5, 0.6) is 5.88 Å². The fraction of sp³-hybridized carbons (Fsp3) is 0.645. The Labute approximate surface area is 265 Å². The lowest BCUT2D eigenvalue weighted by Gasteiger charge is -2.35. The number of aromatic nitrogens is 2. The Bertz CT molecular complexity index is 1430. The summed E-state index contributed by atoms with van der Waals surface area (Å²) in [5.41, 5.74) is 0.272. The van der Waals surface area contributed by atoms with E-state index in [1.165, 1.54) is 24.3 Å². The average molecular weight is 656 g/mol. The first-order chi connectivity index (χ1) is 20.2. The molecule has 1 N–H and O–H groups in total. The van der Waals surface area contributed by atoms with Crippen molar-refractivity contribution in [3.63, 3.8) is 0 Å². The molecule has 2 aliphatic heterocycles. The van der Waals surface area contributed by atoms with E-state index in [0.29, 0.717) is 25.4 Å². The molecule has 1 amide bonds. The van der Waals surface area contributed by atoms with E-state index in [9.17, 15) is 13.2 Å². The summed E-state index contributed by atoms with van der Waals surface area (Å²) in [7, 11) is -4.24. The number of nitrogens with zero attached hydrogens (tertiary/aromatic N) is 4. The molecule has 1 aliphatic carbocycles. The van der Waals surface area contributed by atoms with Crippen molar-refractivity contribution in [3.05, 3.63) is 41.6 Å². The zero-order valence-electron chi connectivity index (χ0n) is 26.0. The molecule has 2 aromatic rings. The molecule has 4 atom stereocenters. The largest absolute Gasteiger partial charge is 0.471 e. The number of alkyl halides is 2. The topological polar surface area (TPSA) is 105 Å². The number of amides is 1. The maximum Gasteiger partial charge on any atom is 0.264 e. The number of ether oxygens (including phenoxy) is 1. The lowest BCUT2D eigenvalue weighted by Crippen LogP contribution is -2.47. The van der Waals surface area contributed by atoms with Gasteiger partial charge in [0.05, 0.1) is 23.1 Å². The number of carbonyl (C=O) groups excluding carboxylic acids is 1. The summed E-state index contributed by atoms with van der Waals surface area (Å²) in [5.74, 6) is -1.47. The zero-order chi connectivity index (χ0) is 31.1. The van der Waals surface area contributed by atoms with E-state index in [1.807, 2.05) is 0 Å². The van der Waals surface area contributed by atoms with Gasteiger partial charge < -0.3 is 9.64 Å². The van der Waals surface area contributed by atoms with Gasteiger partial charge in [-0.15, -0.1) is 12.4 Å². The summed E-state index contributed by atoms with van der Waals surface area (Å²) >= 11 is 0. The maximum atomic E-state index is 15.1. The fourth-order valence-corrected chi connectivity index (χ4v) is 7.54. The molecule has 3 heterocycles. The number of nitrogens with one attached hydrogen (secondary N) is 1. The van der Waals surface area contributed by atoms with Gasteiger partial charge in [-0.05, 0) is 55.2 Å². The molecule has 244 valence electrons. The SMILES string of the molecule is CC(C)C[C@@H]1CN(CC(C)(C)C)C[C@@H]2CN1C(=O)c1cccc(c1)S(=O)(=O)Nc1nc(cc(C3C(F)CCCC3F)n1)O2.Cl. The van der Waals surface area contributed by atoms with Gasteiger partial charge in [0.15, 0.2) is 0 Å². The van der Waals surface area contributed by atoms with Crippen molar-refractivity contribution in [2.24, 2.45) is 11.3 Å². The molecule has 9 nitrogen and oxygen atoms in total. The third-order valence-electron chi connectivity index (χ3n) is 8.18. The number of hydrogen-bond donors (Lipinski definition) is 1. The van der Waals surface area contributed by atoms with Crippen LogP contribution in [0.1, 0.15) is 82.3 Å². The van der Waals surface area contributed by atoms with Crippen LogP contribution in [-0.4, -0.2) is 84.8 Å². The number of sulfonamides is 1. The average Bonchev–Trinajstić information content (AvgIpc) is 3.04. The molecule has 13 heteroatoms. The predicted octanol–water partition coefficient (Wildman–Crippen LogP) is 5.62. The van der Waals surface area contributed by atoms with Crippen molar-refractivity contribution in [1.29, 1.82) is 0 Å². The van der Waals surface area contributed by atoms with Crippen molar-refractivity contribution in [2.75, 3.05) is 30.9 Å². The van der Waals surface area contributed by atoms with Crippen LogP contribution < -0.4 is 9.46 Å². The van der Waals surface area contributed by atoms with Gasteiger partial charge in [-0.25, -0.2) is 26.9 Å². The number of hydrogen-bond acceptors (Lipinski definition) is 7. The highest BCUT2D eigenvalue weighted by atomic mass is 35.5. The smallest absolute Gasteiger partial charge is 0.264 e. The molecule has 1 saturated carbocycles. The number of benzene rings is 1. The van der Waals surface area contributed by atoms with Gasteiger partial charge in [-0.3, -0.25) is 9.69 Å². The van der Waals surface area contributed by atoms with E-state index in [1.54, 1.807) is 11.0 Å². The first-order valence-electron chi connectivity index (χ1n) is 15.2. The van der Waals surface area contributed by atoms with Crippen molar-refractivity contribution in [3.8, 4) is 5.88 Å². The zero-order valence-corrected chi connectivity index (χ0v) is 27.6. The van der Waals surface area contributed by atoms with E-state index in [-0.39, 0.29) is 77.1 Å². The monoisotopic (exact) mass is 655 g/mol. The Morgan fingerprint density at radius 1 is 1.07 bits per heavy atom. The lowest BCUT2D eigenvalue weighted by molar-refractivity contribution is 0.0583. The molecule has 1 saturated heterocycles. The van der Waals surface area contributed by atoms with Gasteiger partial charge in [0.1, 0.15) is 18.4 Å². The molecule has 44 heavy (non-hydrogen) atoms. The highest BCUT2D eigenvalue weighted by Gasteiger charge is 2.39. The van der Waals surface area contributed by atoms with Crippen molar-refractivity contribution in [1.82, 2.24) is 19.8 Å². The highest BCUT2D eigenvalue weighted by molar-refractivity contribution is 7.92. The lowest BCUT2D eigenvalue weighted by atomic mass is 9.83. The number of fused-ring (bicyclic) bond motifs is 6. The Morgan fingerprint density at radius 2 is 1.77 bits per heavy atom. The van der Waals surface area contributed by atoms with Crippen molar-refractivity contribution < 1.29 is 26.7 Å². The van der Waals surface area contributed by atoms with Gasteiger partial charge in [-0.2, -0.15) is 4.98 Å². The minimum atomic E-state index is -4.24. The summed E-state index contributed by atoms with van der Waals surface area (Å²) < 4.78 is 65.9. The van der Waals surface area contributed by atoms with Crippen LogP contribution in [0, 0.1) is 11.3 Å². The number of rotatable bonds is 4. The predicted molar refractivity (Wildman–Crippen MR) is 168 cm³/mol. The molecule has 2 fully saturated rings. The number of halogens is 3. The highest BCUT2D eigenvalue weighted by Crippen LogP contribution is 2.38. The molecule has 1 aromatic heterocycles. The van der Waals surface area contributed by atoms with E-state index in [4.69, 9.17) is 4.74 Å². The van der Waals surface area contributed by atoms with Crippen LogP contribution in [0.3, 0.4) is 0 Å². The van der Waals surface area contributed by atoms with E-state index >= 15 is 8.78 Å². The fourth-order valence-electron chi connectivity index (χ4n) is 6.55. The van der Waals surface area contributed by atoms with Crippen LogP contribution >= 0.6 is 12.4 Å². The second kappa shape index (κ2) is 13.4. The molecule has 5 rings (SSSR count). The molecular weight excluding hydrogens is 612 g/mol. The molecule has 3 aliphatic rings. The van der Waals surface area contributed by atoms with Gasteiger partial charge in [0, 0.05) is 37.3 Å². The maximum absolute atomic E-state index is 15.1. The van der Waals surface area contributed by atoms with E-state index in [0.717, 1.165) is 13.0 Å². The van der Waals surface area contributed by atoms with Crippen LogP contribution in [0.15, 0.2) is 35.2 Å². The minimum absolute atomic E-state index is 0. The van der Waals surface area contributed by atoms with Gasteiger partial charge in [0.25, 0.3) is 15.9 Å². The Morgan fingerprint density at radius 3 is 2.43 bits per heavy atom. The first-order valence-corrected chi connectivity index (χ1v) is 16.7. The molecular formula is C31H44ClF2N5O4S. The van der Waals surface area contributed by atoms with Crippen LogP contribution in [0.2, 0.25) is 0 Å². The molecule has 0 spiro atoms. The summed E-state index contributed by atoms with van der Waals surface area (Å²) in [6.07, 6.45) is -1.93. The third-order valence-corrected chi connectivity index (χ3v) is 9.51. The Balaban J connectivity index is 0.00000442. The summed E-state index contributed by atoms with van der Waals surface area (Å²) in [6.45, 7) is 12.8. The summed E-state index contributed by atoms with van der Waals surface area (Å²) in [5, 5.41) is 0. The molecule has 2 unspecified atom stereocenters. The van der Waals surface area contributed by atoms with Crippen molar-refractivity contribution >= 4 is 34.3 Å². The quantitative estimate of drug-likeness (QED) is 0.456. The molecule has 6 bridgehead atoms. The van der Waals surface area contributed by atoms with Gasteiger partial charge >= 0.3 is 0 Å². The van der Waals surface area contributed by atoms with Crippen molar-refractivity contribution in [2.45, 2.75) is 95.6 Å². The van der Waals surface area contributed by atoms with Crippen LogP contribution in [0.4, 0.5) is 14.7 Å². The second-order valence-electron chi connectivity index (χ2n) is 13.8. The third kappa shape index (κ3) is 7.98.